The fraction of sp³-hybridized carbons (Fsp3) is 0.864. The highest BCUT2D eigenvalue weighted by Crippen LogP contribution is 2.27. The molecule has 1 saturated carbocycles. The summed E-state index contributed by atoms with van der Waals surface area (Å²) in [6, 6.07) is 0.285. The number of amides is 2. The molecule has 1 atom stereocenters. The average Bonchev–Trinajstić information content (AvgIpc) is 3.45. The minimum absolute atomic E-state index is 0.0669. The number of piperidine rings is 1. The summed E-state index contributed by atoms with van der Waals surface area (Å²) in [6.45, 7) is 5.55. The Morgan fingerprint density at radius 1 is 1.00 bits per heavy atom. The number of guanidine groups is 1. The Kier molecular flexibility index (Phi) is 8.78. The van der Waals surface area contributed by atoms with Gasteiger partial charge >= 0.3 is 0 Å². The number of hydrogen-bond donors (Lipinski definition) is 3. The molecule has 170 valence electrons. The Morgan fingerprint density at radius 2 is 1.73 bits per heavy atom. The highest BCUT2D eigenvalue weighted by atomic mass is 16.2. The summed E-state index contributed by atoms with van der Waals surface area (Å²) in [5, 5.41) is 6.90. The number of rotatable bonds is 8. The van der Waals surface area contributed by atoms with Gasteiger partial charge in [0.2, 0.25) is 11.8 Å². The number of aliphatic imine (C=N–C) groups is 1. The van der Waals surface area contributed by atoms with E-state index in [1.807, 2.05) is 4.90 Å². The van der Waals surface area contributed by atoms with Gasteiger partial charge in [-0.15, -0.1) is 0 Å². The predicted molar refractivity (Wildman–Crippen MR) is 119 cm³/mol. The molecule has 4 N–H and O–H groups in total. The molecule has 30 heavy (non-hydrogen) atoms. The minimum Gasteiger partial charge on any atom is -0.369 e. The van der Waals surface area contributed by atoms with E-state index in [1.165, 1.54) is 12.8 Å². The summed E-state index contributed by atoms with van der Waals surface area (Å²) in [5.41, 5.74) is 5.40. The second kappa shape index (κ2) is 11.5. The molecule has 2 heterocycles. The third-order valence-electron chi connectivity index (χ3n) is 6.95. The molecule has 2 aliphatic heterocycles. The van der Waals surface area contributed by atoms with Gasteiger partial charge in [0.15, 0.2) is 5.96 Å². The van der Waals surface area contributed by atoms with E-state index in [1.54, 1.807) is 7.05 Å². The molecule has 0 aromatic carbocycles. The summed E-state index contributed by atoms with van der Waals surface area (Å²) in [5.74, 6) is 1.38. The van der Waals surface area contributed by atoms with Gasteiger partial charge in [-0.1, -0.05) is 12.8 Å². The first-order valence-electron chi connectivity index (χ1n) is 11.8. The Morgan fingerprint density at radius 3 is 2.40 bits per heavy atom. The van der Waals surface area contributed by atoms with Gasteiger partial charge in [0.05, 0.1) is 0 Å². The van der Waals surface area contributed by atoms with E-state index in [4.69, 9.17) is 5.73 Å². The van der Waals surface area contributed by atoms with Crippen molar-refractivity contribution in [3.8, 4) is 0 Å². The molecule has 0 aromatic rings. The van der Waals surface area contributed by atoms with Crippen LogP contribution in [0.4, 0.5) is 0 Å². The number of nitrogens with zero attached hydrogens (tertiary/aromatic N) is 3. The van der Waals surface area contributed by atoms with E-state index >= 15 is 0 Å². The highest BCUT2D eigenvalue weighted by Gasteiger charge is 2.32. The third kappa shape index (κ3) is 6.59. The normalized spacial score (nSPS) is 24.4. The largest absolute Gasteiger partial charge is 0.369 e. The molecule has 2 saturated heterocycles. The van der Waals surface area contributed by atoms with Crippen molar-refractivity contribution in [2.24, 2.45) is 22.6 Å². The van der Waals surface area contributed by atoms with Crippen LogP contribution in [0.2, 0.25) is 0 Å². The maximum Gasteiger partial charge on any atom is 0.225 e. The molecular weight excluding hydrogens is 380 g/mol. The fourth-order valence-electron chi connectivity index (χ4n) is 5.01. The number of unbranched alkanes of at least 4 members (excludes halogenated alkanes) is 1. The molecule has 0 radical (unpaired) electrons. The van der Waals surface area contributed by atoms with Crippen molar-refractivity contribution in [3.63, 3.8) is 0 Å². The zero-order valence-electron chi connectivity index (χ0n) is 18.6. The Labute approximate surface area is 181 Å². The van der Waals surface area contributed by atoms with Crippen LogP contribution in [0.3, 0.4) is 0 Å². The van der Waals surface area contributed by atoms with E-state index in [9.17, 15) is 9.59 Å². The molecule has 0 aromatic heterocycles. The lowest BCUT2D eigenvalue weighted by atomic mass is 9.96. The maximum atomic E-state index is 12.6. The molecule has 0 spiro atoms. The zero-order chi connectivity index (χ0) is 21.3. The van der Waals surface area contributed by atoms with Crippen molar-refractivity contribution < 1.29 is 9.59 Å². The van der Waals surface area contributed by atoms with Crippen molar-refractivity contribution in [3.05, 3.63) is 0 Å². The molecular formula is C22H40N6O2. The van der Waals surface area contributed by atoms with Crippen LogP contribution < -0.4 is 16.4 Å². The summed E-state index contributed by atoms with van der Waals surface area (Å²) in [6.07, 6.45) is 9.52. The predicted octanol–water partition coefficient (Wildman–Crippen LogP) is 0.920. The van der Waals surface area contributed by atoms with Crippen molar-refractivity contribution in [2.45, 2.75) is 63.8 Å². The molecule has 2 amide bonds. The summed E-state index contributed by atoms with van der Waals surface area (Å²) in [7, 11) is 1.80. The molecule has 8 nitrogen and oxygen atoms in total. The van der Waals surface area contributed by atoms with Crippen LogP contribution in [-0.2, 0) is 9.59 Å². The molecule has 0 bridgehead atoms. The van der Waals surface area contributed by atoms with Gasteiger partial charge in [-0.05, 0) is 64.6 Å². The lowest BCUT2D eigenvalue weighted by molar-refractivity contribution is -0.134. The molecule has 3 rings (SSSR count). The SMILES string of the molecule is CN=C(NCCCCN1CCC(C(N)=O)CC1)NC1CCN(C(=O)C2CCCC2)C1. The minimum atomic E-state index is -0.147. The quantitative estimate of drug-likeness (QED) is 0.308. The van der Waals surface area contributed by atoms with E-state index in [2.05, 4.69) is 20.5 Å². The van der Waals surface area contributed by atoms with Gasteiger partial charge in [-0.2, -0.15) is 0 Å². The van der Waals surface area contributed by atoms with E-state index in [-0.39, 0.29) is 23.8 Å². The Bertz CT molecular complexity index is 596. The number of carbonyl (C=O) groups excluding carboxylic acids is 2. The van der Waals surface area contributed by atoms with E-state index in [0.29, 0.717) is 5.91 Å². The average molecular weight is 421 g/mol. The van der Waals surface area contributed by atoms with Gasteiger partial charge in [0.25, 0.3) is 0 Å². The lowest BCUT2D eigenvalue weighted by Crippen LogP contribution is -2.45. The first kappa shape index (κ1) is 22.8. The lowest BCUT2D eigenvalue weighted by Gasteiger charge is -2.30. The standard InChI is InChI=1S/C22H40N6O2/c1-24-22(25-11-4-5-12-27-13-8-17(9-14-27)20(23)29)26-19-10-15-28(16-19)21(30)18-6-2-3-7-18/h17-19H,2-16H2,1H3,(H2,23,29)(H2,24,25,26). The molecule has 1 unspecified atom stereocenters. The Hall–Kier alpha value is -1.83. The second-order valence-corrected chi connectivity index (χ2v) is 9.12. The van der Waals surface area contributed by atoms with Crippen molar-refractivity contribution >= 4 is 17.8 Å². The van der Waals surface area contributed by atoms with Gasteiger partial charge in [0.1, 0.15) is 0 Å². The van der Waals surface area contributed by atoms with Gasteiger partial charge in [-0.25, -0.2) is 0 Å². The number of nitrogens with one attached hydrogen (secondary N) is 2. The topological polar surface area (TPSA) is 103 Å². The molecule has 3 aliphatic rings. The Balaban J connectivity index is 1.26. The van der Waals surface area contributed by atoms with E-state index in [0.717, 1.165) is 90.2 Å². The zero-order valence-corrected chi connectivity index (χ0v) is 18.6. The van der Waals surface area contributed by atoms with Crippen LogP contribution in [0.1, 0.15) is 57.8 Å². The number of hydrogen-bond acceptors (Lipinski definition) is 4. The van der Waals surface area contributed by atoms with Crippen LogP contribution in [0.25, 0.3) is 0 Å². The van der Waals surface area contributed by atoms with Crippen LogP contribution in [0.15, 0.2) is 4.99 Å². The van der Waals surface area contributed by atoms with Crippen LogP contribution in [0.5, 0.6) is 0 Å². The highest BCUT2D eigenvalue weighted by molar-refractivity contribution is 5.81. The van der Waals surface area contributed by atoms with Crippen molar-refractivity contribution in [1.29, 1.82) is 0 Å². The van der Waals surface area contributed by atoms with Crippen LogP contribution in [0, 0.1) is 11.8 Å². The van der Waals surface area contributed by atoms with Crippen molar-refractivity contribution in [2.75, 3.05) is 46.3 Å². The number of likely N-dealkylation sites (tertiary alicyclic amines) is 2. The van der Waals surface area contributed by atoms with Crippen molar-refractivity contribution in [1.82, 2.24) is 20.4 Å². The number of carbonyl (C=O) groups is 2. The number of primary amides is 1. The molecule has 1 aliphatic carbocycles. The molecule has 8 heteroatoms. The monoisotopic (exact) mass is 420 g/mol. The second-order valence-electron chi connectivity index (χ2n) is 9.12. The fourth-order valence-corrected chi connectivity index (χ4v) is 5.01. The molecule has 3 fully saturated rings. The summed E-state index contributed by atoms with van der Waals surface area (Å²) < 4.78 is 0. The first-order chi connectivity index (χ1) is 14.6. The third-order valence-corrected chi connectivity index (χ3v) is 6.95. The first-order valence-corrected chi connectivity index (χ1v) is 11.8. The van der Waals surface area contributed by atoms with Crippen LogP contribution in [-0.4, -0.2) is 79.9 Å². The van der Waals surface area contributed by atoms with E-state index < -0.39 is 0 Å². The summed E-state index contributed by atoms with van der Waals surface area (Å²) >= 11 is 0. The van der Waals surface area contributed by atoms with Gasteiger partial charge in [0, 0.05) is 44.6 Å². The van der Waals surface area contributed by atoms with Gasteiger partial charge in [-0.3, -0.25) is 14.6 Å². The maximum absolute atomic E-state index is 12.6. The number of nitrogens with two attached hydrogens (primary N) is 1. The summed E-state index contributed by atoms with van der Waals surface area (Å²) in [4.78, 5) is 32.7. The smallest absolute Gasteiger partial charge is 0.225 e. The van der Waals surface area contributed by atoms with Crippen LogP contribution >= 0.6 is 0 Å². The van der Waals surface area contributed by atoms with Gasteiger partial charge < -0.3 is 26.2 Å².